The number of hydrogen-bond donors (Lipinski definition) is 1. The van der Waals surface area contributed by atoms with Crippen molar-refractivity contribution in [3.8, 4) is 0 Å². The Morgan fingerprint density at radius 1 is 1.33 bits per heavy atom. The summed E-state index contributed by atoms with van der Waals surface area (Å²) in [6.07, 6.45) is -3.60. The van der Waals surface area contributed by atoms with Crippen LogP contribution in [0.25, 0.3) is 0 Å². The van der Waals surface area contributed by atoms with E-state index in [9.17, 15) is 13.2 Å². The van der Waals surface area contributed by atoms with Gasteiger partial charge in [-0.3, -0.25) is 0 Å². The number of aliphatic hydroxyl groups excluding tert-OH is 1. The Morgan fingerprint density at radius 2 is 2.00 bits per heavy atom. The third-order valence-corrected chi connectivity index (χ3v) is 2.27. The van der Waals surface area contributed by atoms with Gasteiger partial charge < -0.3 is 10.0 Å². The molecule has 0 radical (unpaired) electrons. The van der Waals surface area contributed by atoms with Crippen LogP contribution in [0.1, 0.15) is 5.69 Å². The van der Waals surface area contributed by atoms with Gasteiger partial charge in [0.2, 0.25) is 0 Å². The Hall–Kier alpha value is -1.30. The summed E-state index contributed by atoms with van der Waals surface area (Å²) in [5.74, 6) is 0. The highest BCUT2D eigenvalue weighted by Crippen LogP contribution is 2.29. The van der Waals surface area contributed by atoms with Crippen molar-refractivity contribution in [2.45, 2.75) is 12.3 Å². The summed E-state index contributed by atoms with van der Waals surface area (Å²) in [5.41, 5.74) is -0.291. The highest BCUT2D eigenvalue weighted by Gasteiger charge is 2.32. The number of hydrogen-bond acceptors (Lipinski definition) is 3. The van der Waals surface area contributed by atoms with Gasteiger partial charge in [-0.15, -0.1) is 0 Å². The molecule has 6 heteroatoms. The summed E-state index contributed by atoms with van der Waals surface area (Å²) < 4.78 is 36.5. The number of aliphatic hydroxyl groups is 1. The summed E-state index contributed by atoms with van der Waals surface area (Å²) in [7, 11) is 0. The van der Waals surface area contributed by atoms with Gasteiger partial charge in [0, 0.05) is 13.1 Å². The summed E-state index contributed by atoms with van der Waals surface area (Å²) in [6.45, 7) is 0.903. The van der Waals surface area contributed by atoms with Crippen molar-refractivity contribution in [1.29, 1.82) is 0 Å². The zero-order chi connectivity index (χ0) is 11.1. The van der Waals surface area contributed by atoms with Gasteiger partial charge in [0.25, 0.3) is 0 Å². The first-order valence-electron chi connectivity index (χ1n) is 4.43. The maximum atomic E-state index is 12.2. The van der Waals surface area contributed by atoms with Crippen LogP contribution >= 0.6 is 0 Å². The molecule has 0 saturated carbocycles. The Labute approximate surface area is 84.2 Å². The monoisotopic (exact) mass is 218 g/mol. The topological polar surface area (TPSA) is 36.4 Å². The SMILES string of the molecule is OC1CN(c2ccc(C(F)(F)F)nc2)C1. The second kappa shape index (κ2) is 3.37. The maximum Gasteiger partial charge on any atom is 0.433 e. The summed E-state index contributed by atoms with van der Waals surface area (Å²) >= 11 is 0. The third kappa shape index (κ3) is 2.04. The van der Waals surface area contributed by atoms with Crippen LogP contribution in [0.4, 0.5) is 18.9 Å². The van der Waals surface area contributed by atoms with Gasteiger partial charge in [-0.25, -0.2) is 4.98 Å². The molecule has 1 aromatic rings. The fourth-order valence-corrected chi connectivity index (χ4v) is 1.41. The second-order valence-corrected chi connectivity index (χ2v) is 3.46. The number of rotatable bonds is 1. The lowest BCUT2D eigenvalue weighted by molar-refractivity contribution is -0.141. The lowest BCUT2D eigenvalue weighted by atomic mass is 10.1. The minimum absolute atomic E-state index is 0.382. The number of alkyl halides is 3. The quantitative estimate of drug-likeness (QED) is 0.771. The molecular weight excluding hydrogens is 209 g/mol. The van der Waals surface area contributed by atoms with E-state index in [0.29, 0.717) is 18.8 Å². The van der Waals surface area contributed by atoms with E-state index in [-0.39, 0.29) is 6.10 Å². The summed E-state index contributed by atoms with van der Waals surface area (Å²) in [5, 5.41) is 9.02. The fourth-order valence-electron chi connectivity index (χ4n) is 1.41. The number of halogens is 3. The van der Waals surface area contributed by atoms with E-state index in [1.54, 1.807) is 4.90 Å². The Bertz CT molecular complexity index is 343. The summed E-state index contributed by atoms with van der Waals surface area (Å²) in [4.78, 5) is 5.09. The van der Waals surface area contributed by atoms with E-state index in [0.717, 1.165) is 6.07 Å². The van der Waals surface area contributed by atoms with Crippen molar-refractivity contribution in [1.82, 2.24) is 4.98 Å². The molecule has 0 atom stereocenters. The van der Waals surface area contributed by atoms with Crippen LogP contribution in [-0.2, 0) is 6.18 Å². The molecule has 1 aliphatic heterocycles. The first-order valence-corrected chi connectivity index (χ1v) is 4.43. The molecule has 2 rings (SSSR count). The van der Waals surface area contributed by atoms with E-state index in [2.05, 4.69) is 4.98 Å². The molecule has 1 aromatic heterocycles. The lowest BCUT2D eigenvalue weighted by Crippen LogP contribution is -2.50. The molecule has 1 aliphatic rings. The fraction of sp³-hybridized carbons (Fsp3) is 0.444. The van der Waals surface area contributed by atoms with Gasteiger partial charge >= 0.3 is 6.18 Å². The average Bonchev–Trinajstić information content (AvgIpc) is 2.12. The number of β-amino-alcohol motifs (C(OH)–C–C–N with tert-alkyl or cyclic N) is 1. The van der Waals surface area contributed by atoms with Crippen molar-refractivity contribution in [3.05, 3.63) is 24.0 Å². The molecule has 1 fully saturated rings. The molecule has 0 aromatic carbocycles. The number of nitrogens with zero attached hydrogens (tertiary/aromatic N) is 2. The van der Waals surface area contributed by atoms with Gasteiger partial charge in [0.05, 0.1) is 18.0 Å². The van der Waals surface area contributed by atoms with Crippen molar-refractivity contribution < 1.29 is 18.3 Å². The van der Waals surface area contributed by atoms with E-state index in [1.807, 2.05) is 0 Å². The average molecular weight is 218 g/mol. The molecule has 1 saturated heterocycles. The minimum atomic E-state index is -4.40. The van der Waals surface area contributed by atoms with E-state index in [1.165, 1.54) is 12.3 Å². The van der Waals surface area contributed by atoms with Gasteiger partial charge in [-0.2, -0.15) is 13.2 Å². The second-order valence-electron chi connectivity index (χ2n) is 3.46. The van der Waals surface area contributed by atoms with Gasteiger partial charge in [-0.05, 0) is 12.1 Å². The third-order valence-electron chi connectivity index (χ3n) is 2.27. The predicted octanol–water partition coefficient (Wildman–Crippen LogP) is 1.28. The van der Waals surface area contributed by atoms with Crippen LogP contribution < -0.4 is 4.90 Å². The molecule has 0 bridgehead atoms. The Morgan fingerprint density at radius 3 is 2.40 bits per heavy atom. The minimum Gasteiger partial charge on any atom is -0.389 e. The first-order chi connectivity index (χ1) is 6.97. The lowest BCUT2D eigenvalue weighted by Gasteiger charge is -2.37. The zero-order valence-corrected chi connectivity index (χ0v) is 7.70. The standard InChI is InChI=1S/C9H9F3N2O/c10-9(11,12)8-2-1-6(3-13-8)14-4-7(15)5-14/h1-3,7,15H,4-5H2. The van der Waals surface area contributed by atoms with Gasteiger partial charge in [0.1, 0.15) is 5.69 Å². The normalized spacial score (nSPS) is 17.7. The van der Waals surface area contributed by atoms with Crippen molar-refractivity contribution >= 4 is 5.69 Å². The van der Waals surface area contributed by atoms with Crippen LogP contribution in [0.2, 0.25) is 0 Å². The van der Waals surface area contributed by atoms with Crippen molar-refractivity contribution in [2.24, 2.45) is 0 Å². The molecule has 0 unspecified atom stereocenters. The molecule has 0 amide bonds. The maximum absolute atomic E-state index is 12.2. The largest absolute Gasteiger partial charge is 0.433 e. The number of anilines is 1. The Balaban J connectivity index is 2.11. The molecule has 15 heavy (non-hydrogen) atoms. The molecule has 1 N–H and O–H groups in total. The van der Waals surface area contributed by atoms with Crippen LogP contribution in [0.15, 0.2) is 18.3 Å². The van der Waals surface area contributed by atoms with Crippen LogP contribution in [-0.4, -0.2) is 29.3 Å². The molecule has 0 aliphatic carbocycles. The number of pyridine rings is 1. The molecule has 82 valence electrons. The Kier molecular flexibility index (Phi) is 2.30. The zero-order valence-electron chi connectivity index (χ0n) is 7.70. The van der Waals surface area contributed by atoms with Crippen molar-refractivity contribution in [3.63, 3.8) is 0 Å². The highest BCUT2D eigenvalue weighted by atomic mass is 19.4. The molecule has 3 nitrogen and oxygen atoms in total. The predicted molar refractivity (Wildman–Crippen MR) is 47.5 cm³/mol. The summed E-state index contributed by atoms with van der Waals surface area (Å²) in [6, 6.07) is 2.31. The molecular formula is C9H9F3N2O. The smallest absolute Gasteiger partial charge is 0.389 e. The first kappa shape index (κ1) is 10.2. The van der Waals surface area contributed by atoms with E-state index >= 15 is 0 Å². The van der Waals surface area contributed by atoms with E-state index in [4.69, 9.17) is 5.11 Å². The molecule has 2 heterocycles. The van der Waals surface area contributed by atoms with Crippen molar-refractivity contribution in [2.75, 3.05) is 18.0 Å². The van der Waals surface area contributed by atoms with Crippen LogP contribution in [0.3, 0.4) is 0 Å². The highest BCUT2D eigenvalue weighted by molar-refractivity contribution is 5.47. The van der Waals surface area contributed by atoms with Crippen LogP contribution in [0.5, 0.6) is 0 Å². The molecule has 0 spiro atoms. The van der Waals surface area contributed by atoms with E-state index < -0.39 is 11.9 Å². The van der Waals surface area contributed by atoms with Gasteiger partial charge in [0.15, 0.2) is 0 Å². The number of aromatic nitrogens is 1. The van der Waals surface area contributed by atoms with Gasteiger partial charge in [-0.1, -0.05) is 0 Å². The van der Waals surface area contributed by atoms with Crippen LogP contribution in [0, 0.1) is 0 Å².